The maximum Gasteiger partial charge on any atom is 0.0720 e. The van der Waals surface area contributed by atoms with Crippen molar-refractivity contribution >= 4 is 26.8 Å². The molecule has 21 heavy (non-hydrogen) atoms. The Morgan fingerprint density at radius 1 is 1.33 bits per heavy atom. The molecule has 3 aromatic rings. The van der Waals surface area contributed by atoms with Crippen molar-refractivity contribution in [3.05, 3.63) is 58.5 Å². The van der Waals surface area contributed by atoms with Gasteiger partial charge in [0, 0.05) is 29.1 Å². The lowest BCUT2D eigenvalue weighted by atomic mass is 10.0. The van der Waals surface area contributed by atoms with Crippen LogP contribution in [0.4, 0.5) is 0 Å². The number of halogens is 1. The van der Waals surface area contributed by atoms with Crippen LogP contribution in [0.15, 0.2) is 47.2 Å². The van der Waals surface area contributed by atoms with Gasteiger partial charge < -0.3 is 5.73 Å². The lowest BCUT2D eigenvalue weighted by Gasteiger charge is -2.13. The zero-order valence-electron chi connectivity index (χ0n) is 11.8. The molecule has 0 aliphatic heterocycles. The molecule has 5 heteroatoms. The molecule has 0 bridgehead atoms. The first-order valence-corrected chi connectivity index (χ1v) is 7.71. The van der Waals surface area contributed by atoms with E-state index in [1.54, 1.807) is 0 Å². The SMILES string of the molecule is Cn1cc(CCC(N)c2nc3ccccc3cc2Br)cn1. The Labute approximate surface area is 132 Å². The molecule has 0 spiro atoms. The van der Waals surface area contributed by atoms with Gasteiger partial charge in [-0.25, -0.2) is 4.98 Å². The summed E-state index contributed by atoms with van der Waals surface area (Å²) in [6.45, 7) is 0. The summed E-state index contributed by atoms with van der Waals surface area (Å²) in [5.74, 6) is 0. The van der Waals surface area contributed by atoms with Gasteiger partial charge in [-0.3, -0.25) is 4.68 Å². The van der Waals surface area contributed by atoms with Crippen LogP contribution in [0.25, 0.3) is 10.9 Å². The second-order valence-corrected chi connectivity index (χ2v) is 6.07. The molecule has 4 nitrogen and oxygen atoms in total. The van der Waals surface area contributed by atoms with Gasteiger partial charge in [0.05, 0.1) is 17.4 Å². The maximum atomic E-state index is 6.32. The van der Waals surface area contributed by atoms with E-state index in [0.29, 0.717) is 0 Å². The summed E-state index contributed by atoms with van der Waals surface area (Å²) < 4.78 is 2.78. The quantitative estimate of drug-likeness (QED) is 0.789. The zero-order chi connectivity index (χ0) is 14.8. The molecule has 1 atom stereocenters. The van der Waals surface area contributed by atoms with Gasteiger partial charge in [-0.1, -0.05) is 18.2 Å². The third kappa shape index (κ3) is 3.14. The number of hydrogen-bond donors (Lipinski definition) is 1. The summed E-state index contributed by atoms with van der Waals surface area (Å²) in [6, 6.07) is 10.1. The van der Waals surface area contributed by atoms with Crippen LogP contribution in [-0.4, -0.2) is 14.8 Å². The minimum atomic E-state index is -0.0933. The molecule has 0 amide bonds. The molecule has 0 saturated heterocycles. The molecule has 0 fully saturated rings. The monoisotopic (exact) mass is 344 g/mol. The topological polar surface area (TPSA) is 56.7 Å². The number of para-hydroxylation sites is 1. The fourth-order valence-corrected chi connectivity index (χ4v) is 3.05. The van der Waals surface area contributed by atoms with E-state index >= 15 is 0 Å². The summed E-state index contributed by atoms with van der Waals surface area (Å²) in [6.07, 6.45) is 5.65. The van der Waals surface area contributed by atoms with E-state index in [2.05, 4.69) is 33.2 Å². The van der Waals surface area contributed by atoms with E-state index in [0.717, 1.165) is 33.9 Å². The highest BCUT2D eigenvalue weighted by Crippen LogP contribution is 2.27. The van der Waals surface area contributed by atoms with Crippen molar-refractivity contribution in [2.45, 2.75) is 18.9 Å². The lowest BCUT2D eigenvalue weighted by Crippen LogP contribution is -2.14. The predicted molar refractivity (Wildman–Crippen MR) is 87.9 cm³/mol. The smallest absolute Gasteiger partial charge is 0.0720 e. The number of aryl methyl sites for hydroxylation is 2. The fraction of sp³-hybridized carbons (Fsp3) is 0.250. The number of hydrogen-bond acceptors (Lipinski definition) is 3. The van der Waals surface area contributed by atoms with Gasteiger partial charge in [0.25, 0.3) is 0 Å². The van der Waals surface area contributed by atoms with Gasteiger partial charge in [0.2, 0.25) is 0 Å². The van der Waals surface area contributed by atoms with Crippen LogP contribution >= 0.6 is 15.9 Å². The second-order valence-electron chi connectivity index (χ2n) is 5.22. The van der Waals surface area contributed by atoms with Gasteiger partial charge in [-0.2, -0.15) is 5.10 Å². The van der Waals surface area contributed by atoms with Gasteiger partial charge >= 0.3 is 0 Å². The Hall–Kier alpha value is -1.72. The Bertz CT molecular complexity index is 766. The van der Waals surface area contributed by atoms with Gasteiger partial charge in [-0.05, 0) is 46.5 Å². The summed E-state index contributed by atoms with van der Waals surface area (Å²) in [5, 5.41) is 5.29. The van der Waals surface area contributed by atoms with E-state index < -0.39 is 0 Å². The Kier molecular flexibility index (Phi) is 4.03. The van der Waals surface area contributed by atoms with Crippen molar-refractivity contribution in [2.75, 3.05) is 0 Å². The molecule has 0 aliphatic rings. The lowest BCUT2D eigenvalue weighted by molar-refractivity contribution is 0.632. The summed E-state index contributed by atoms with van der Waals surface area (Å²) >= 11 is 3.59. The number of nitrogens with zero attached hydrogens (tertiary/aromatic N) is 3. The molecular weight excluding hydrogens is 328 g/mol. The molecule has 2 heterocycles. The fourth-order valence-electron chi connectivity index (χ4n) is 2.42. The molecule has 1 unspecified atom stereocenters. The van der Waals surface area contributed by atoms with E-state index in [-0.39, 0.29) is 6.04 Å². The highest BCUT2D eigenvalue weighted by molar-refractivity contribution is 9.10. The molecule has 0 radical (unpaired) electrons. The molecular formula is C16H17BrN4. The average Bonchev–Trinajstić information content (AvgIpc) is 2.89. The number of nitrogens with two attached hydrogens (primary N) is 1. The molecule has 1 aromatic carbocycles. The van der Waals surface area contributed by atoms with Crippen molar-refractivity contribution in [1.29, 1.82) is 0 Å². The first-order valence-electron chi connectivity index (χ1n) is 6.92. The van der Waals surface area contributed by atoms with Crippen LogP contribution in [0, 0.1) is 0 Å². The number of aromatic nitrogens is 3. The van der Waals surface area contributed by atoms with Crippen LogP contribution in [0.5, 0.6) is 0 Å². The third-order valence-corrected chi connectivity index (χ3v) is 4.19. The molecule has 108 valence electrons. The molecule has 0 aliphatic carbocycles. The number of pyridine rings is 1. The predicted octanol–water partition coefficient (Wildman–Crippen LogP) is 3.36. The van der Waals surface area contributed by atoms with E-state index in [1.807, 2.05) is 42.3 Å². The van der Waals surface area contributed by atoms with Crippen molar-refractivity contribution < 1.29 is 0 Å². The third-order valence-electron chi connectivity index (χ3n) is 3.56. The number of rotatable bonds is 4. The van der Waals surface area contributed by atoms with Gasteiger partial charge in [0.1, 0.15) is 0 Å². The highest BCUT2D eigenvalue weighted by atomic mass is 79.9. The van der Waals surface area contributed by atoms with E-state index in [9.17, 15) is 0 Å². The van der Waals surface area contributed by atoms with Gasteiger partial charge in [0.15, 0.2) is 0 Å². The van der Waals surface area contributed by atoms with Crippen molar-refractivity contribution in [2.24, 2.45) is 12.8 Å². The molecule has 3 rings (SSSR count). The maximum absolute atomic E-state index is 6.32. The van der Waals surface area contributed by atoms with E-state index in [4.69, 9.17) is 10.7 Å². The summed E-state index contributed by atoms with van der Waals surface area (Å²) in [5.41, 5.74) is 9.41. The standard InChI is InChI=1S/C16H17BrN4/c1-21-10-11(9-19-21)6-7-14(18)16-13(17)8-12-4-2-3-5-15(12)20-16/h2-5,8-10,14H,6-7,18H2,1H3. The molecule has 2 aromatic heterocycles. The van der Waals surface area contributed by atoms with Crippen molar-refractivity contribution in [1.82, 2.24) is 14.8 Å². The highest BCUT2D eigenvalue weighted by Gasteiger charge is 2.13. The van der Waals surface area contributed by atoms with Crippen LogP contribution in [0.1, 0.15) is 23.7 Å². The van der Waals surface area contributed by atoms with Crippen LogP contribution in [0.2, 0.25) is 0 Å². The molecule has 2 N–H and O–H groups in total. The summed E-state index contributed by atoms with van der Waals surface area (Å²) in [4.78, 5) is 4.70. The number of benzene rings is 1. The normalized spacial score (nSPS) is 12.7. The summed E-state index contributed by atoms with van der Waals surface area (Å²) in [7, 11) is 1.92. The minimum Gasteiger partial charge on any atom is -0.323 e. The average molecular weight is 345 g/mol. The van der Waals surface area contributed by atoms with E-state index in [1.165, 1.54) is 5.56 Å². The van der Waals surface area contributed by atoms with Crippen LogP contribution in [0.3, 0.4) is 0 Å². The minimum absolute atomic E-state index is 0.0933. The zero-order valence-corrected chi connectivity index (χ0v) is 13.4. The Morgan fingerprint density at radius 2 is 2.14 bits per heavy atom. The second kappa shape index (κ2) is 5.95. The Balaban J connectivity index is 1.80. The van der Waals surface area contributed by atoms with Crippen molar-refractivity contribution in [3.8, 4) is 0 Å². The molecule has 0 saturated carbocycles. The van der Waals surface area contributed by atoms with Crippen LogP contribution < -0.4 is 5.73 Å². The van der Waals surface area contributed by atoms with Gasteiger partial charge in [-0.15, -0.1) is 0 Å². The van der Waals surface area contributed by atoms with Crippen LogP contribution in [-0.2, 0) is 13.5 Å². The number of fused-ring (bicyclic) bond motifs is 1. The Morgan fingerprint density at radius 3 is 2.90 bits per heavy atom. The van der Waals surface area contributed by atoms with Crippen molar-refractivity contribution in [3.63, 3.8) is 0 Å². The first-order chi connectivity index (χ1) is 10.1. The largest absolute Gasteiger partial charge is 0.323 e. The first kappa shape index (κ1) is 14.2.